The molecule has 2 unspecified atom stereocenters. The Kier molecular flexibility index (Phi) is 12.9. The monoisotopic (exact) mass is 272 g/mol. The number of hydrogen-bond acceptors (Lipinski definition) is 2. The molecule has 0 aromatic heterocycles. The molecule has 0 aliphatic heterocycles. The van der Waals surface area contributed by atoms with Gasteiger partial charge >= 0.3 is 0 Å². The van der Waals surface area contributed by atoms with Gasteiger partial charge in [-0.05, 0) is 44.9 Å². The summed E-state index contributed by atoms with van der Waals surface area (Å²) in [5, 5.41) is 0. The Labute approximate surface area is 121 Å². The SMILES string of the molecule is CCOCCCC(CC(C)CCCC(C)C)OCC. The van der Waals surface area contributed by atoms with Gasteiger partial charge in [0.2, 0.25) is 0 Å². The van der Waals surface area contributed by atoms with Crippen LogP contribution >= 0.6 is 0 Å². The Morgan fingerprint density at radius 1 is 0.842 bits per heavy atom. The largest absolute Gasteiger partial charge is 0.382 e. The van der Waals surface area contributed by atoms with Crippen LogP contribution in [0.1, 0.15) is 73.1 Å². The van der Waals surface area contributed by atoms with Crippen molar-refractivity contribution >= 4 is 0 Å². The number of hydrogen-bond donors (Lipinski definition) is 0. The van der Waals surface area contributed by atoms with E-state index in [0.717, 1.165) is 44.5 Å². The van der Waals surface area contributed by atoms with E-state index in [9.17, 15) is 0 Å². The van der Waals surface area contributed by atoms with Gasteiger partial charge in [-0.1, -0.05) is 40.0 Å². The first-order valence-corrected chi connectivity index (χ1v) is 8.29. The highest BCUT2D eigenvalue weighted by Gasteiger charge is 2.13. The minimum atomic E-state index is 0.430. The van der Waals surface area contributed by atoms with Crippen LogP contribution in [-0.2, 0) is 9.47 Å². The van der Waals surface area contributed by atoms with E-state index in [0.29, 0.717) is 6.10 Å². The molecular formula is C17H36O2. The summed E-state index contributed by atoms with van der Waals surface area (Å²) in [4.78, 5) is 0. The average Bonchev–Trinajstić information content (AvgIpc) is 2.34. The molecule has 0 aliphatic rings. The van der Waals surface area contributed by atoms with Gasteiger partial charge in [0, 0.05) is 19.8 Å². The lowest BCUT2D eigenvalue weighted by molar-refractivity contribution is 0.0307. The van der Waals surface area contributed by atoms with E-state index in [-0.39, 0.29) is 0 Å². The van der Waals surface area contributed by atoms with Gasteiger partial charge in [0.1, 0.15) is 0 Å². The first-order chi connectivity index (χ1) is 9.10. The Morgan fingerprint density at radius 2 is 1.58 bits per heavy atom. The molecule has 0 rings (SSSR count). The van der Waals surface area contributed by atoms with Gasteiger partial charge < -0.3 is 9.47 Å². The summed E-state index contributed by atoms with van der Waals surface area (Å²) in [7, 11) is 0. The van der Waals surface area contributed by atoms with Gasteiger partial charge in [-0.3, -0.25) is 0 Å². The van der Waals surface area contributed by atoms with Crippen molar-refractivity contribution in [2.45, 2.75) is 79.2 Å². The van der Waals surface area contributed by atoms with Crippen LogP contribution in [0.4, 0.5) is 0 Å². The molecule has 2 nitrogen and oxygen atoms in total. The second-order valence-corrected chi connectivity index (χ2v) is 6.08. The highest BCUT2D eigenvalue weighted by Crippen LogP contribution is 2.20. The third kappa shape index (κ3) is 12.7. The molecule has 0 aromatic rings. The molecule has 116 valence electrons. The predicted molar refractivity (Wildman–Crippen MR) is 83.6 cm³/mol. The van der Waals surface area contributed by atoms with Gasteiger partial charge in [0.25, 0.3) is 0 Å². The highest BCUT2D eigenvalue weighted by molar-refractivity contribution is 4.64. The van der Waals surface area contributed by atoms with Gasteiger partial charge in [0.15, 0.2) is 0 Å². The third-order valence-corrected chi connectivity index (χ3v) is 3.56. The van der Waals surface area contributed by atoms with Crippen LogP contribution in [0.5, 0.6) is 0 Å². The van der Waals surface area contributed by atoms with Crippen molar-refractivity contribution in [2.75, 3.05) is 19.8 Å². The van der Waals surface area contributed by atoms with E-state index in [1.54, 1.807) is 0 Å². The van der Waals surface area contributed by atoms with E-state index in [1.165, 1.54) is 25.7 Å². The van der Waals surface area contributed by atoms with Crippen LogP contribution in [0.25, 0.3) is 0 Å². The fourth-order valence-corrected chi connectivity index (χ4v) is 2.50. The smallest absolute Gasteiger partial charge is 0.0578 e. The maximum absolute atomic E-state index is 5.86. The Hall–Kier alpha value is -0.0800. The molecule has 19 heavy (non-hydrogen) atoms. The minimum absolute atomic E-state index is 0.430. The topological polar surface area (TPSA) is 18.5 Å². The van der Waals surface area contributed by atoms with Crippen molar-refractivity contribution in [3.63, 3.8) is 0 Å². The van der Waals surface area contributed by atoms with Crippen LogP contribution in [0.15, 0.2) is 0 Å². The second kappa shape index (κ2) is 12.9. The Bertz CT molecular complexity index is 180. The molecule has 0 heterocycles. The molecule has 0 fully saturated rings. The molecule has 0 saturated heterocycles. The molecule has 0 bridgehead atoms. The van der Waals surface area contributed by atoms with Gasteiger partial charge in [-0.2, -0.15) is 0 Å². The zero-order chi connectivity index (χ0) is 14.5. The normalized spacial score (nSPS) is 14.8. The predicted octanol–water partition coefficient (Wildman–Crippen LogP) is 5.06. The standard InChI is InChI=1S/C17H36O2/c1-6-18-13-9-12-17(19-7-2)14-16(5)11-8-10-15(3)4/h15-17H,6-14H2,1-5H3. The molecule has 0 radical (unpaired) electrons. The summed E-state index contributed by atoms with van der Waals surface area (Å²) >= 11 is 0. The molecule has 0 saturated carbocycles. The first-order valence-electron chi connectivity index (χ1n) is 8.29. The van der Waals surface area contributed by atoms with Crippen molar-refractivity contribution < 1.29 is 9.47 Å². The zero-order valence-electron chi connectivity index (χ0n) is 13.9. The van der Waals surface area contributed by atoms with E-state index in [4.69, 9.17) is 9.47 Å². The van der Waals surface area contributed by atoms with Crippen LogP contribution in [0.2, 0.25) is 0 Å². The summed E-state index contributed by atoms with van der Waals surface area (Å²) in [5.74, 6) is 1.61. The average molecular weight is 272 g/mol. The molecule has 0 N–H and O–H groups in total. The molecule has 0 aliphatic carbocycles. The highest BCUT2D eigenvalue weighted by atomic mass is 16.5. The fraction of sp³-hybridized carbons (Fsp3) is 1.00. The Balaban J connectivity index is 3.76. The van der Waals surface area contributed by atoms with Gasteiger partial charge in [-0.25, -0.2) is 0 Å². The number of rotatable bonds is 13. The fourth-order valence-electron chi connectivity index (χ4n) is 2.50. The zero-order valence-corrected chi connectivity index (χ0v) is 13.9. The lowest BCUT2D eigenvalue weighted by atomic mass is 9.93. The molecule has 0 amide bonds. The lowest BCUT2D eigenvalue weighted by Crippen LogP contribution is -2.17. The van der Waals surface area contributed by atoms with Crippen molar-refractivity contribution in [3.05, 3.63) is 0 Å². The maximum atomic E-state index is 5.86. The van der Waals surface area contributed by atoms with E-state index in [2.05, 4.69) is 34.6 Å². The van der Waals surface area contributed by atoms with Gasteiger partial charge in [0.05, 0.1) is 6.10 Å². The van der Waals surface area contributed by atoms with Gasteiger partial charge in [-0.15, -0.1) is 0 Å². The summed E-state index contributed by atoms with van der Waals surface area (Å²) in [6.45, 7) is 13.7. The second-order valence-electron chi connectivity index (χ2n) is 6.08. The maximum Gasteiger partial charge on any atom is 0.0578 e. The summed E-state index contributed by atoms with van der Waals surface area (Å²) in [6.07, 6.45) is 7.95. The third-order valence-electron chi connectivity index (χ3n) is 3.56. The summed E-state index contributed by atoms with van der Waals surface area (Å²) in [6, 6.07) is 0. The van der Waals surface area contributed by atoms with E-state index in [1.807, 2.05) is 0 Å². The molecule has 2 heteroatoms. The molecule has 2 atom stereocenters. The number of ether oxygens (including phenoxy) is 2. The van der Waals surface area contributed by atoms with Crippen LogP contribution in [-0.4, -0.2) is 25.9 Å². The van der Waals surface area contributed by atoms with Crippen LogP contribution in [0, 0.1) is 11.8 Å². The van der Waals surface area contributed by atoms with Crippen molar-refractivity contribution in [2.24, 2.45) is 11.8 Å². The van der Waals surface area contributed by atoms with Crippen LogP contribution < -0.4 is 0 Å². The molecule has 0 aromatic carbocycles. The quantitative estimate of drug-likeness (QED) is 0.436. The van der Waals surface area contributed by atoms with E-state index >= 15 is 0 Å². The Morgan fingerprint density at radius 3 is 2.16 bits per heavy atom. The molecular weight excluding hydrogens is 236 g/mol. The lowest BCUT2D eigenvalue weighted by Gasteiger charge is -2.21. The van der Waals surface area contributed by atoms with Crippen molar-refractivity contribution in [3.8, 4) is 0 Å². The van der Waals surface area contributed by atoms with Crippen molar-refractivity contribution in [1.29, 1.82) is 0 Å². The summed E-state index contributed by atoms with van der Waals surface area (Å²) in [5.41, 5.74) is 0. The van der Waals surface area contributed by atoms with E-state index < -0.39 is 0 Å². The minimum Gasteiger partial charge on any atom is -0.382 e. The molecule has 0 spiro atoms. The first kappa shape index (κ1) is 18.9. The summed E-state index contributed by atoms with van der Waals surface area (Å²) < 4.78 is 11.3. The van der Waals surface area contributed by atoms with Crippen LogP contribution in [0.3, 0.4) is 0 Å². The van der Waals surface area contributed by atoms with Crippen molar-refractivity contribution in [1.82, 2.24) is 0 Å².